The van der Waals surface area contributed by atoms with Crippen LogP contribution < -0.4 is 9.46 Å². The van der Waals surface area contributed by atoms with Crippen LogP contribution in [-0.4, -0.2) is 36.6 Å². The first-order chi connectivity index (χ1) is 16.3. The van der Waals surface area contributed by atoms with Crippen molar-refractivity contribution in [2.75, 3.05) is 11.8 Å². The lowest BCUT2D eigenvalue weighted by Crippen LogP contribution is -2.14. The summed E-state index contributed by atoms with van der Waals surface area (Å²) in [6.07, 6.45) is 2.89. The van der Waals surface area contributed by atoms with Gasteiger partial charge in [-0.2, -0.15) is 0 Å². The monoisotopic (exact) mass is 473 g/mol. The van der Waals surface area contributed by atoms with Gasteiger partial charge in [0.1, 0.15) is 10.6 Å². The molecule has 0 aliphatic carbocycles. The number of nitrogens with zero attached hydrogens (tertiary/aromatic N) is 2. The summed E-state index contributed by atoms with van der Waals surface area (Å²) in [6, 6.07) is 14.8. The number of hydrogen-bond donors (Lipinski definition) is 2. The van der Waals surface area contributed by atoms with Gasteiger partial charge in [-0.15, -0.1) is 0 Å². The van der Waals surface area contributed by atoms with Gasteiger partial charge in [0, 0.05) is 28.9 Å². The fraction of sp³-hybridized carbons (Fsp3) is 0.0800. The Balaban J connectivity index is 1.70. The predicted molar refractivity (Wildman–Crippen MR) is 127 cm³/mol. The number of pyridine rings is 2. The van der Waals surface area contributed by atoms with Crippen LogP contribution in [0.5, 0.6) is 5.75 Å². The number of anilines is 1. The lowest BCUT2D eigenvalue weighted by atomic mass is 10.1. The van der Waals surface area contributed by atoms with Crippen molar-refractivity contribution in [1.82, 2.24) is 9.97 Å². The summed E-state index contributed by atoms with van der Waals surface area (Å²) in [5.74, 6) is 5.25. The zero-order valence-corrected chi connectivity index (χ0v) is 19.1. The van der Waals surface area contributed by atoms with E-state index in [-0.39, 0.29) is 16.1 Å². The molecule has 0 bridgehead atoms. The van der Waals surface area contributed by atoms with Crippen molar-refractivity contribution in [2.24, 2.45) is 0 Å². The molecule has 34 heavy (non-hydrogen) atoms. The number of rotatable bonds is 5. The quantitative estimate of drug-likeness (QED) is 0.423. The molecule has 9 heteroatoms. The average molecular weight is 474 g/mol. The van der Waals surface area contributed by atoms with Gasteiger partial charge in [0.25, 0.3) is 10.0 Å². The number of ether oxygens (including phenoxy) is 1. The van der Waals surface area contributed by atoms with Crippen LogP contribution in [0.1, 0.15) is 27.2 Å². The molecular weight excluding hydrogens is 454 g/mol. The van der Waals surface area contributed by atoms with E-state index in [0.717, 1.165) is 0 Å². The maximum absolute atomic E-state index is 13.3. The summed E-state index contributed by atoms with van der Waals surface area (Å²) in [5.41, 5.74) is 1.97. The Hall–Kier alpha value is -4.42. The van der Waals surface area contributed by atoms with Gasteiger partial charge in [-0.05, 0) is 55.0 Å². The number of methoxy groups -OCH3 is 1. The van der Waals surface area contributed by atoms with Gasteiger partial charge in [0.15, 0.2) is 5.69 Å². The molecule has 4 rings (SSSR count). The first-order valence-corrected chi connectivity index (χ1v) is 11.5. The van der Waals surface area contributed by atoms with Crippen LogP contribution in [0, 0.1) is 18.8 Å². The van der Waals surface area contributed by atoms with E-state index >= 15 is 0 Å². The zero-order chi connectivity index (χ0) is 24.3. The van der Waals surface area contributed by atoms with Crippen LogP contribution in [0.3, 0.4) is 0 Å². The molecule has 2 aromatic heterocycles. The van der Waals surface area contributed by atoms with Crippen LogP contribution in [-0.2, 0) is 10.0 Å². The topological polar surface area (TPSA) is 118 Å². The molecule has 0 atom stereocenters. The molecule has 0 radical (unpaired) electrons. The smallest absolute Gasteiger partial charge is 0.354 e. The van der Waals surface area contributed by atoms with E-state index in [1.807, 2.05) is 0 Å². The van der Waals surface area contributed by atoms with E-state index in [1.165, 1.54) is 25.6 Å². The van der Waals surface area contributed by atoms with E-state index in [1.54, 1.807) is 55.5 Å². The maximum atomic E-state index is 13.3. The molecule has 4 aromatic rings. The van der Waals surface area contributed by atoms with Crippen molar-refractivity contribution < 1.29 is 23.1 Å². The van der Waals surface area contributed by atoms with Gasteiger partial charge in [-0.3, -0.25) is 9.71 Å². The van der Waals surface area contributed by atoms with Gasteiger partial charge in [0.05, 0.1) is 18.3 Å². The fourth-order valence-corrected chi connectivity index (χ4v) is 4.64. The van der Waals surface area contributed by atoms with Crippen molar-refractivity contribution in [3.8, 4) is 17.6 Å². The molecule has 0 fully saturated rings. The van der Waals surface area contributed by atoms with Crippen molar-refractivity contribution in [3.05, 3.63) is 89.4 Å². The number of para-hydroxylation sites is 1. The molecule has 0 amide bonds. The Bertz CT molecular complexity index is 1590. The second kappa shape index (κ2) is 9.21. The molecule has 2 heterocycles. The Morgan fingerprint density at radius 1 is 1.06 bits per heavy atom. The lowest BCUT2D eigenvalue weighted by molar-refractivity contribution is 0.0689. The lowest BCUT2D eigenvalue weighted by Gasteiger charge is -2.13. The summed E-state index contributed by atoms with van der Waals surface area (Å²) < 4.78 is 34.5. The van der Waals surface area contributed by atoms with Gasteiger partial charge < -0.3 is 9.84 Å². The number of nitrogens with one attached hydrogen (secondary N) is 1. The molecule has 8 nitrogen and oxygen atoms in total. The van der Waals surface area contributed by atoms with E-state index < -0.39 is 16.0 Å². The second-order valence-electron chi connectivity index (χ2n) is 7.26. The number of benzene rings is 2. The highest BCUT2D eigenvalue weighted by Crippen LogP contribution is 2.30. The van der Waals surface area contributed by atoms with Crippen molar-refractivity contribution >= 4 is 32.6 Å². The second-order valence-corrected chi connectivity index (χ2v) is 8.91. The van der Waals surface area contributed by atoms with E-state index in [2.05, 4.69) is 26.5 Å². The van der Waals surface area contributed by atoms with Crippen LogP contribution in [0.2, 0.25) is 0 Å². The predicted octanol–water partition coefficient (Wildman–Crippen LogP) is 3.85. The van der Waals surface area contributed by atoms with Gasteiger partial charge >= 0.3 is 5.97 Å². The zero-order valence-electron chi connectivity index (χ0n) is 18.2. The molecule has 0 aliphatic heterocycles. The third-order valence-corrected chi connectivity index (χ3v) is 6.39. The molecule has 2 aromatic carbocycles. The standard InChI is InChI=1S/C25H19N3O5S/c1-16-14-17(15-27-23(16)25(29)30)9-10-18-6-3-4-8-20(18)28-34(31,32)22-12-11-21(33-2)19-7-5-13-26-24(19)22/h3-8,11-15,28H,1-2H3,(H,29,30). The number of hydrogen-bond acceptors (Lipinski definition) is 6. The van der Waals surface area contributed by atoms with Crippen molar-refractivity contribution in [2.45, 2.75) is 11.8 Å². The van der Waals surface area contributed by atoms with Crippen molar-refractivity contribution in [1.29, 1.82) is 0 Å². The molecule has 0 saturated carbocycles. The molecule has 0 unspecified atom stereocenters. The summed E-state index contributed by atoms with van der Waals surface area (Å²) in [7, 11) is -2.50. The summed E-state index contributed by atoms with van der Waals surface area (Å²) in [4.78, 5) is 19.3. The summed E-state index contributed by atoms with van der Waals surface area (Å²) >= 11 is 0. The molecule has 0 aliphatic rings. The number of carboxylic acid groups (broad SMARTS) is 1. The minimum atomic E-state index is -4.01. The third-order valence-electron chi connectivity index (χ3n) is 5.00. The van der Waals surface area contributed by atoms with Crippen molar-refractivity contribution in [3.63, 3.8) is 0 Å². The average Bonchev–Trinajstić information content (AvgIpc) is 2.82. The van der Waals surface area contributed by atoms with Crippen LogP contribution >= 0.6 is 0 Å². The number of aromatic nitrogens is 2. The largest absolute Gasteiger partial charge is 0.496 e. The highest BCUT2D eigenvalue weighted by atomic mass is 32.2. The van der Waals surface area contributed by atoms with E-state index in [4.69, 9.17) is 9.84 Å². The van der Waals surface area contributed by atoms with Gasteiger partial charge in [-0.1, -0.05) is 24.0 Å². The Kier molecular flexibility index (Phi) is 6.17. The van der Waals surface area contributed by atoms with Crippen LogP contribution in [0.15, 0.2) is 71.9 Å². The molecule has 0 saturated heterocycles. The number of aryl methyl sites for hydroxylation is 1. The number of aromatic carboxylic acids is 1. The fourth-order valence-electron chi connectivity index (χ4n) is 3.40. The first-order valence-electron chi connectivity index (χ1n) is 10.1. The maximum Gasteiger partial charge on any atom is 0.354 e. The number of carbonyl (C=O) groups is 1. The Labute approximate surface area is 196 Å². The minimum absolute atomic E-state index is 0.00995. The Morgan fingerprint density at radius 3 is 2.59 bits per heavy atom. The van der Waals surface area contributed by atoms with E-state index in [0.29, 0.717) is 33.5 Å². The Morgan fingerprint density at radius 2 is 1.85 bits per heavy atom. The van der Waals surface area contributed by atoms with Gasteiger partial charge in [-0.25, -0.2) is 18.2 Å². The molecule has 2 N–H and O–H groups in total. The minimum Gasteiger partial charge on any atom is -0.496 e. The third kappa shape index (κ3) is 4.53. The van der Waals surface area contributed by atoms with Gasteiger partial charge in [0.2, 0.25) is 0 Å². The summed E-state index contributed by atoms with van der Waals surface area (Å²) in [6.45, 7) is 1.64. The van der Waals surface area contributed by atoms with Crippen LogP contribution in [0.25, 0.3) is 10.9 Å². The molecular formula is C25H19N3O5S. The first kappa shape index (κ1) is 22.8. The molecule has 170 valence electrons. The highest BCUT2D eigenvalue weighted by Gasteiger charge is 2.21. The summed E-state index contributed by atoms with van der Waals surface area (Å²) in [5, 5.41) is 9.70. The molecule has 0 spiro atoms. The number of fused-ring (bicyclic) bond motifs is 1. The number of carboxylic acids is 1. The number of sulfonamides is 1. The normalized spacial score (nSPS) is 10.9. The van der Waals surface area contributed by atoms with E-state index in [9.17, 15) is 13.2 Å². The highest BCUT2D eigenvalue weighted by molar-refractivity contribution is 7.93. The van der Waals surface area contributed by atoms with Crippen LogP contribution in [0.4, 0.5) is 5.69 Å². The SMILES string of the molecule is COc1ccc(S(=O)(=O)Nc2ccccc2C#Cc2cnc(C(=O)O)c(C)c2)c2ncccc12.